The molecule has 0 aliphatic heterocycles. The predicted molar refractivity (Wildman–Crippen MR) is 80.2 cm³/mol. The lowest BCUT2D eigenvalue weighted by molar-refractivity contribution is 0.0706. The van der Waals surface area contributed by atoms with Crippen LogP contribution >= 0.6 is 0 Å². The number of hydrogen-bond donors (Lipinski definition) is 2. The number of rotatable bonds is 4. The molecule has 1 heterocycles. The van der Waals surface area contributed by atoms with Crippen molar-refractivity contribution in [1.29, 1.82) is 0 Å². The minimum atomic E-state index is -0.564. The molecule has 2 N–H and O–H groups in total. The average molecular weight is 312 g/mol. The monoisotopic (exact) mass is 312 g/mol. The van der Waals surface area contributed by atoms with E-state index < -0.39 is 5.91 Å². The van der Waals surface area contributed by atoms with E-state index >= 15 is 0 Å². The minimum absolute atomic E-state index is 0.336. The fourth-order valence-corrected chi connectivity index (χ4v) is 2.14. The summed E-state index contributed by atoms with van der Waals surface area (Å²) in [5.74, 6) is -0.455. The van der Waals surface area contributed by atoms with Crippen LogP contribution in [0.5, 0.6) is 0 Å². The molecule has 6 nitrogen and oxygen atoms in total. The number of aromatic nitrogens is 3. The third-order valence-electron chi connectivity index (χ3n) is 3.28. The van der Waals surface area contributed by atoms with Gasteiger partial charge in [-0.2, -0.15) is 5.10 Å². The molecule has 23 heavy (non-hydrogen) atoms. The van der Waals surface area contributed by atoms with E-state index in [1.165, 1.54) is 12.1 Å². The van der Waals surface area contributed by atoms with Crippen molar-refractivity contribution in [3.05, 3.63) is 71.8 Å². The van der Waals surface area contributed by atoms with Gasteiger partial charge >= 0.3 is 0 Å². The van der Waals surface area contributed by atoms with E-state index in [9.17, 15) is 9.18 Å². The maximum absolute atomic E-state index is 13.2. The van der Waals surface area contributed by atoms with Gasteiger partial charge < -0.3 is 0 Å². The molecular formula is C16H13FN4O2. The Morgan fingerprint density at radius 3 is 2.70 bits per heavy atom. The second-order valence-electron chi connectivity index (χ2n) is 4.91. The summed E-state index contributed by atoms with van der Waals surface area (Å²) in [4.78, 5) is 15.4. The van der Waals surface area contributed by atoms with E-state index in [0.717, 1.165) is 5.56 Å². The maximum atomic E-state index is 13.2. The standard InChI is InChI=1S/C16H13FN4O2/c17-14-3-1-2-13(8-14)15-18-10-21(19-15)9-11-4-6-12(7-5-11)16(22)20-23/h1-8,10,23H,9H2,(H,20,22). The van der Waals surface area contributed by atoms with Gasteiger partial charge in [-0.25, -0.2) is 19.5 Å². The van der Waals surface area contributed by atoms with Crippen LogP contribution in [-0.2, 0) is 6.54 Å². The van der Waals surface area contributed by atoms with Crippen molar-refractivity contribution < 1.29 is 14.4 Å². The van der Waals surface area contributed by atoms with Crippen LogP contribution in [0.2, 0.25) is 0 Å². The molecule has 1 amide bonds. The van der Waals surface area contributed by atoms with Crippen LogP contribution < -0.4 is 5.48 Å². The highest BCUT2D eigenvalue weighted by molar-refractivity contribution is 5.93. The predicted octanol–water partition coefficient (Wildman–Crippen LogP) is 2.25. The second-order valence-corrected chi connectivity index (χ2v) is 4.91. The van der Waals surface area contributed by atoms with Crippen molar-refractivity contribution in [1.82, 2.24) is 20.2 Å². The molecule has 3 aromatic rings. The molecule has 7 heteroatoms. The van der Waals surface area contributed by atoms with Crippen LogP contribution in [0.4, 0.5) is 4.39 Å². The molecular weight excluding hydrogens is 299 g/mol. The summed E-state index contributed by atoms with van der Waals surface area (Å²) >= 11 is 0. The lowest BCUT2D eigenvalue weighted by atomic mass is 10.1. The molecule has 0 spiro atoms. The number of nitrogens with zero attached hydrogens (tertiary/aromatic N) is 3. The molecule has 0 saturated heterocycles. The molecule has 0 bridgehead atoms. The van der Waals surface area contributed by atoms with E-state index in [1.54, 1.807) is 52.9 Å². The van der Waals surface area contributed by atoms with Gasteiger partial charge in [-0.3, -0.25) is 10.0 Å². The Labute approximate surface area is 131 Å². The number of hydroxylamine groups is 1. The average Bonchev–Trinajstić information content (AvgIpc) is 3.03. The molecule has 3 rings (SSSR count). The lowest BCUT2D eigenvalue weighted by Gasteiger charge is -2.03. The van der Waals surface area contributed by atoms with Crippen LogP contribution in [0.15, 0.2) is 54.9 Å². The van der Waals surface area contributed by atoms with E-state index in [2.05, 4.69) is 10.1 Å². The zero-order chi connectivity index (χ0) is 16.2. The molecule has 0 radical (unpaired) electrons. The first-order chi connectivity index (χ1) is 11.2. The van der Waals surface area contributed by atoms with Gasteiger partial charge in [0.15, 0.2) is 5.82 Å². The summed E-state index contributed by atoms with van der Waals surface area (Å²) in [6.45, 7) is 0.462. The largest absolute Gasteiger partial charge is 0.288 e. The summed E-state index contributed by atoms with van der Waals surface area (Å²) in [7, 11) is 0. The summed E-state index contributed by atoms with van der Waals surface area (Å²) in [5.41, 5.74) is 3.46. The first-order valence-corrected chi connectivity index (χ1v) is 6.84. The second kappa shape index (κ2) is 6.37. The number of carbonyl (C=O) groups is 1. The van der Waals surface area contributed by atoms with Gasteiger partial charge in [0, 0.05) is 11.1 Å². The fourth-order valence-electron chi connectivity index (χ4n) is 2.14. The molecule has 0 fully saturated rings. The molecule has 0 aliphatic rings. The van der Waals surface area contributed by atoms with Crippen LogP contribution in [0.1, 0.15) is 15.9 Å². The van der Waals surface area contributed by atoms with E-state index in [1.807, 2.05) is 0 Å². The van der Waals surface area contributed by atoms with Crippen molar-refractivity contribution in [2.24, 2.45) is 0 Å². The molecule has 0 aliphatic carbocycles. The third-order valence-corrected chi connectivity index (χ3v) is 3.28. The maximum Gasteiger partial charge on any atom is 0.274 e. The lowest BCUT2D eigenvalue weighted by Crippen LogP contribution is -2.18. The quantitative estimate of drug-likeness (QED) is 0.572. The van der Waals surface area contributed by atoms with E-state index in [4.69, 9.17) is 5.21 Å². The van der Waals surface area contributed by atoms with Crippen LogP contribution in [0.3, 0.4) is 0 Å². The number of amides is 1. The summed E-state index contributed by atoms with van der Waals surface area (Å²) in [5, 5.41) is 12.9. The number of benzene rings is 2. The zero-order valence-corrected chi connectivity index (χ0v) is 12.0. The highest BCUT2D eigenvalue weighted by Gasteiger charge is 2.07. The van der Waals surface area contributed by atoms with Gasteiger partial charge in [-0.05, 0) is 29.8 Å². The number of carbonyl (C=O) groups excluding carboxylic acids is 1. The van der Waals surface area contributed by atoms with Gasteiger partial charge in [-0.1, -0.05) is 24.3 Å². The highest BCUT2D eigenvalue weighted by Crippen LogP contribution is 2.15. The Balaban J connectivity index is 1.75. The number of halogens is 1. The Hall–Kier alpha value is -3.06. The van der Waals surface area contributed by atoms with Crippen LogP contribution in [0, 0.1) is 5.82 Å². The van der Waals surface area contributed by atoms with Gasteiger partial charge in [-0.15, -0.1) is 0 Å². The van der Waals surface area contributed by atoms with Gasteiger partial charge in [0.1, 0.15) is 12.1 Å². The Morgan fingerprint density at radius 2 is 2.00 bits per heavy atom. The third kappa shape index (κ3) is 3.41. The van der Waals surface area contributed by atoms with E-state index in [0.29, 0.717) is 23.5 Å². The summed E-state index contributed by atoms with van der Waals surface area (Å²) < 4.78 is 14.9. The van der Waals surface area contributed by atoms with Crippen molar-refractivity contribution in [2.75, 3.05) is 0 Å². The SMILES string of the molecule is O=C(NO)c1ccc(Cn2cnc(-c3cccc(F)c3)n2)cc1. The highest BCUT2D eigenvalue weighted by atomic mass is 19.1. The zero-order valence-electron chi connectivity index (χ0n) is 12.0. The molecule has 0 unspecified atom stereocenters. The Kier molecular flexibility index (Phi) is 4.11. The fraction of sp³-hybridized carbons (Fsp3) is 0.0625. The molecule has 2 aromatic carbocycles. The molecule has 116 valence electrons. The molecule has 1 aromatic heterocycles. The number of hydrogen-bond acceptors (Lipinski definition) is 4. The van der Waals surface area contributed by atoms with Crippen molar-refractivity contribution in [2.45, 2.75) is 6.54 Å². The Morgan fingerprint density at radius 1 is 1.22 bits per heavy atom. The van der Waals surface area contributed by atoms with E-state index in [-0.39, 0.29) is 5.82 Å². The van der Waals surface area contributed by atoms with Crippen LogP contribution in [-0.4, -0.2) is 25.9 Å². The van der Waals surface area contributed by atoms with Gasteiger partial charge in [0.05, 0.1) is 6.54 Å². The van der Waals surface area contributed by atoms with Crippen LogP contribution in [0.25, 0.3) is 11.4 Å². The summed E-state index contributed by atoms with van der Waals surface area (Å²) in [6, 6.07) is 12.8. The summed E-state index contributed by atoms with van der Waals surface area (Å²) in [6.07, 6.45) is 1.56. The van der Waals surface area contributed by atoms with Crippen molar-refractivity contribution in [3.8, 4) is 11.4 Å². The van der Waals surface area contributed by atoms with Crippen molar-refractivity contribution >= 4 is 5.91 Å². The Bertz CT molecular complexity index is 830. The van der Waals surface area contributed by atoms with Gasteiger partial charge in [0.2, 0.25) is 0 Å². The van der Waals surface area contributed by atoms with Gasteiger partial charge in [0.25, 0.3) is 5.91 Å². The van der Waals surface area contributed by atoms with Crippen molar-refractivity contribution in [3.63, 3.8) is 0 Å². The number of nitrogens with one attached hydrogen (secondary N) is 1. The molecule has 0 atom stereocenters. The first-order valence-electron chi connectivity index (χ1n) is 6.84. The minimum Gasteiger partial charge on any atom is -0.288 e. The molecule has 0 saturated carbocycles. The first kappa shape index (κ1) is 14.9. The topological polar surface area (TPSA) is 80.0 Å². The smallest absolute Gasteiger partial charge is 0.274 e. The normalized spacial score (nSPS) is 10.5.